The van der Waals surface area contributed by atoms with E-state index in [2.05, 4.69) is 4.99 Å². The maximum Gasteiger partial charge on any atom is 0.433 e. The topological polar surface area (TPSA) is 94.2 Å². The number of benzene rings is 1. The summed E-state index contributed by atoms with van der Waals surface area (Å²) in [5.41, 5.74) is -0.0636. The second kappa shape index (κ2) is 14.7. The Hall–Kier alpha value is -2.29. The van der Waals surface area contributed by atoms with Gasteiger partial charge in [-0.15, -0.1) is 0 Å². The van der Waals surface area contributed by atoms with Gasteiger partial charge in [0.2, 0.25) is 0 Å². The summed E-state index contributed by atoms with van der Waals surface area (Å²) in [6.07, 6.45) is -10.7. The molecule has 1 unspecified atom stereocenters. The van der Waals surface area contributed by atoms with Crippen molar-refractivity contribution in [3.05, 3.63) is 45.6 Å². The Balaban J connectivity index is 2.05. The molecule has 0 heterocycles. The largest absolute Gasteiger partial charge is 0.466 e. The Bertz CT molecular complexity index is 1350. The number of amides is 1. The van der Waals surface area contributed by atoms with Crippen molar-refractivity contribution in [1.82, 2.24) is 4.90 Å². The van der Waals surface area contributed by atoms with Crippen LogP contribution in [0.1, 0.15) is 64.0 Å². The number of carbonyl (C=O) groups excluding carboxylic acids is 2. The third-order valence-electron chi connectivity index (χ3n) is 8.50. The Morgan fingerprint density at radius 3 is 2.06 bits per heavy atom. The van der Waals surface area contributed by atoms with E-state index in [0.717, 1.165) is 0 Å². The van der Waals surface area contributed by atoms with Gasteiger partial charge in [0.15, 0.2) is 14.0 Å². The van der Waals surface area contributed by atoms with Gasteiger partial charge in [0.05, 0.1) is 41.7 Å². The van der Waals surface area contributed by atoms with Crippen LogP contribution in [-0.4, -0.2) is 68.9 Å². The highest BCUT2D eigenvalue weighted by molar-refractivity contribution is 6.69. The number of nitrogens with zero attached hydrogens (tertiary/aromatic N) is 2. The molecule has 2 aliphatic carbocycles. The van der Waals surface area contributed by atoms with Crippen molar-refractivity contribution in [1.29, 1.82) is 0 Å². The van der Waals surface area contributed by atoms with Gasteiger partial charge in [-0.25, -0.2) is 0 Å². The molecule has 0 aromatic heterocycles. The second-order valence-corrected chi connectivity index (χ2v) is 18.7. The molecule has 1 aromatic rings. The van der Waals surface area contributed by atoms with Crippen molar-refractivity contribution in [3.8, 4) is 0 Å². The van der Waals surface area contributed by atoms with Gasteiger partial charge >= 0.3 is 18.3 Å². The number of ether oxygens (including phenoxy) is 1. The van der Waals surface area contributed by atoms with Gasteiger partial charge in [-0.1, -0.05) is 29.3 Å². The van der Waals surface area contributed by atoms with E-state index in [1.807, 2.05) is 0 Å². The molecule has 0 bridgehead atoms. The molecule has 1 atom stereocenters. The lowest BCUT2D eigenvalue weighted by Crippen LogP contribution is -2.47. The fourth-order valence-electron chi connectivity index (χ4n) is 5.68. The quantitative estimate of drug-likeness (QED) is 0.0766. The molecule has 3 rings (SSSR count). The van der Waals surface area contributed by atoms with Crippen molar-refractivity contribution < 1.29 is 45.1 Å². The van der Waals surface area contributed by atoms with E-state index in [0.29, 0.717) is 11.1 Å². The van der Waals surface area contributed by atoms with Crippen molar-refractivity contribution in [3.63, 3.8) is 0 Å². The molecule has 2 N–H and O–H groups in total. The van der Waals surface area contributed by atoms with Gasteiger partial charge in [0.25, 0.3) is 5.91 Å². The Kier molecular flexibility index (Phi) is 12.2. The minimum Gasteiger partial charge on any atom is -0.466 e. The number of halogens is 8. The molecule has 1 amide bonds. The van der Waals surface area contributed by atoms with Crippen LogP contribution < -0.4 is 5.73 Å². The predicted molar refractivity (Wildman–Crippen MR) is 171 cm³/mol. The first kappa shape index (κ1) is 39.1. The number of carbonyl (C=O) groups is 2. The number of hydrogen-bond donors (Lipinski definition) is 1. The third-order valence-corrected chi connectivity index (χ3v) is 10.1. The van der Waals surface area contributed by atoms with Gasteiger partial charge in [0.1, 0.15) is 0 Å². The van der Waals surface area contributed by atoms with Crippen LogP contribution in [0.15, 0.2) is 35.0 Å². The van der Waals surface area contributed by atoms with Gasteiger partial charge in [-0.2, -0.15) is 26.3 Å². The van der Waals surface area contributed by atoms with Crippen molar-refractivity contribution >= 4 is 49.1 Å². The van der Waals surface area contributed by atoms with Gasteiger partial charge in [0, 0.05) is 28.4 Å². The summed E-state index contributed by atoms with van der Waals surface area (Å²) in [5, 5.41) is 0.230. The highest BCUT2D eigenvalue weighted by Crippen LogP contribution is 2.58. The first-order valence-corrected chi connectivity index (χ1v) is 19.5. The number of hydrogen-bond acceptors (Lipinski definition) is 6. The molecule has 2 saturated carbocycles. The van der Waals surface area contributed by atoms with E-state index in [-0.39, 0.29) is 60.7 Å². The lowest BCUT2D eigenvalue weighted by Gasteiger charge is -2.36. The SMILES string of the molecule is CCOC(=O)C1(C)CCC(N=C(C(=CN)C(=O)N(CC(O[Si](C)(C)C)c2c(Cl)cccc2Cl)CC2(C(F)(F)F)CC2)C(F)(F)F)CC1. The lowest BCUT2D eigenvalue weighted by atomic mass is 9.74. The Morgan fingerprint density at radius 2 is 1.64 bits per heavy atom. The molecule has 2 fully saturated rings. The summed E-state index contributed by atoms with van der Waals surface area (Å²) in [4.78, 5) is 31.1. The number of alkyl halides is 6. The predicted octanol–water partition coefficient (Wildman–Crippen LogP) is 8.42. The van der Waals surface area contributed by atoms with Crippen molar-refractivity contribution in [2.45, 2.75) is 96.5 Å². The first-order chi connectivity index (χ1) is 21.6. The van der Waals surface area contributed by atoms with Crippen LogP contribution in [-0.2, 0) is 18.8 Å². The second-order valence-electron chi connectivity index (χ2n) is 13.4. The molecular formula is C31H41Cl2F6N3O4Si. The van der Waals surface area contributed by atoms with E-state index in [9.17, 15) is 35.9 Å². The van der Waals surface area contributed by atoms with Crippen LogP contribution in [0.4, 0.5) is 26.3 Å². The van der Waals surface area contributed by atoms with Gasteiger partial charge < -0.3 is 19.8 Å². The van der Waals surface area contributed by atoms with E-state index in [1.54, 1.807) is 39.6 Å². The lowest BCUT2D eigenvalue weighted by molar-refractivity contribution is -0.193. The normalized spacial score (nSPS) is 22.9. The first-order valence-electron chi connectivity index (χ1n) is 15.3. The summed E-state index contributed by atoms with van der Waals surface area (Å²) in [6.45, 7) is 7.33. The number of esters is 1. The van der Waals surface area contributed by atoms with Crippen LogP contribution in [0.25, 0.3) is 0 Å². The molecule has 0 spiro atoms. The van der Waals surface area contributed by atoms with Crippen molar-refractivity contribution in [2.24, 2.45) is 21.6 Å². The van der Waals surface area contributed by atoms with E-state index >= 15 is 0 Å². The summed E-state index contributed by atoms with van der Waals surface area (Å²) < 4.78 is 97.8. The van der Waals surface area contributed by atoms with E-state index in [4.69, 9.17) is 38.1 Å². The minimum absolute atomic E-state index is 0.0823. The molecule has 264 valence electrons. The van der Waals surface area contributed by atoms with E-state index in [1.165, 1.54) is 12.1 Å². The average molecular weight is 733 g/mol. The summed E-state index contributed by atoms with van der Waals surface area (Å²) >= 11 is 12.9. The zero-order valence-corrected chi connectivity index (χ0v) is 29.5. The maximum absolute atomic E-state index is 14.6. The van der Waals surface area contributed by atoms with Crippen molar-refractivity contribution in [2.75, 3.05) is 19.7 Å². The Morgan fingerprint density at radius 1 is 1.09 bits per heavy atom. The van der Waals surface area contributed by atoms with Crippen LogP contribution >= 0.6 is 23.2 Å². The zero-order valence-electron chi connectivity index (χ0n) is 27.0. The molecular weight excluding hydrogens is 691 g/mol. The standard InChI is InChI=1S/C31H41Cl2F6N3O4Si/c1-6-45-27(44)28(2)12-10-19(11-13-28)41-25(30(34,35)36)20(16-40)26(43)42(18-29(14-15-29)31(37,38)39)17-23(46-47(3,4)5)24-21(32)8-7-9-22(24)33/h7-9,16,19,23H,6,10-15,17-18,40H2,1-5H3. The van der Waals surface area contributed by atoms with Crippen LogP contribution in [0, 0.1) is 10.8 Å². The highest BCUT2D eigenvalue weighted by atomic mass is 35.5. The molecule has 0 saturated heterocycles. The fourth-order valence-corrected chi connectivity index (χ4v) is 7.36. The molecule has 47 heavy (non-hydrogen) atoms. The molecule has 1 aromatic carbocycles. The Labute approximate surface area is 282 Å². The average Bonchev–Trinajstić information content (AvgIpc) is 3.73. The molecule has 2 aliphatic rings. The summed E-state index contributed by atoms with van der Waals surface area (Å²) in [7, 11) is -2.53. The number of rotatable bonds is 12. The number of nitrogens with two attached hydrogens (primary N) is 1. The molecule has 7 nitrogen and oxygen atoms in total. The van der Waals surface area contributed by atoms with Crippen LogP contribution in [0.5, 0.6) is 0 Å². The molecule has 0 aliphatic heterocycles. The highest BCUT2D eigenvalue weighted by Gasteiger charge is 2.64. The van der Waals surface area contributed by atoms with Crippen LogP contribution in [0.2, 0.25) is 29.7 Å². The smallest absolute Gasteiger partial charge is 0.433 e. The molecule has 0 radical (unpaired) electrons. The van der Waals surface area contributed by atoms with Gasteiger partial charge in [-0.3, -0.25) is 14.6 Å². The van der Waals surface area contributed by atoms with E-state index < -0.39 is 79.9 Å². The zero-order chi connectivity index (χ0) is 35.6. The summed E-state index contributed by atoms with van der Waals surface area (Å²) in [5.74, 6) is -1.85. The molecule has 16 heteroatoms. The minimum atomic E-state index is -5.18. The monoisotopic (exact) mass is 731 g/mol. The number of aliphatic imine (C=N–C) groups is 1. The fraction of sp³-hybridized carbons (Fsp3) is 0.645. The maximum atomic E-state index is 14.6. The van der Waals surface area contributed by atoms with Crippen LogP contribution in [0.3, 0.4) is 0 Å². The third kappa shape index (κ3) is 9.66. The summed E-state index contributed by atoms with van der Waals surface area (Å²) in [6, 6.07) is 3.60. The van der Waals surface area contributed by atoms with Gasteiger partial charge in [-0.05, 0) is 84.1 Å².